The predicted molar refractivity (Wildman–Crippen MR) is 84.0 cm³/mol. The highest BCUT2D eigenvalue weighted by Gasteiger charge is 2.21. The minimum Gasteiger partial charge on any atom is -0.339 e. The van der Waals surface area contributed by atoms with Gasteiger partial charge in [-0.3, -0.25) is 0 Å². The standard InChI is InChI=1S/C15H27N3OS/c1-4-16-12(3)11(2)15-17-14(18-19-15)10-20-13-8-6-5-7-9-13/h11-13,16H,4-10H2,1-3H3. The molecule has 1 N–H and O–H groups in total. The molecule has 0 aliphatic heterocycles. The van der Waals surface area contributed by atoms with E-state index in [1.54, 1.807) is 0 Å². The molecule has 4 nitrogen and oxygen atoms in total. The normalized spacial score (nSPS) is 19.9. The maximum atomic E-state index is 5.42. The van der Waals surface area contributed by atoms with Crippen molar-refractivity contribution in [3.8, 4) is 0 Å². The van der Waals surface area contributed by atoms with Crippen molar-refractivity contribution < 1.29 is 4.52 Å². The van der Waals surface area contributed by atoms with Gasteiger partial charge in [-0.25, -0.2) is 0 Å². The summed E-state index contributed by atoms with van der Waals surface area (Å²) in [4.78, 5) is 4.56. The lowest BCUT2D eigenvalue weighted by Crippen LogP contribution is -2.30. The summed E-state index contributed by atoms with van der Waals surface area (Å²) in [7, 11) is 0. The van der Waals surface area contributed by atoms with Gasteiger partial charge >= 0.3 is 0 Å². The van der Waals surface area contributed by atoms with E-state index < -0.39 is 0 Å². The van der Waals surface area contributed by atoms with Crippen LogP contribution in [0.2, 0.25) is 0 Å². The van der Waals surface area contributed by atoms with Crippen molar-refractivity contribution in [3.05, 3.63) is 11.7 Å². The number of aromatic nitrogens is 2. The van der Waals surface area contributed by atoms with Gasteiger partial charge in [-0.05, 0) is 26.3 Å². The van der Waals surface area contributed by atoms with Gasteiger partial charge < -0.3 is 9.84 Å². The van der Waals surface area contributed by atoms with Crippen LogP contribution in [0.25, 0.3) is 0 Å². The zero-order chi connectivity index (χ0) is 14.4. The van der Waals surface area contributed by atoms with Gasteiger partial charge in [-0.1, -0.05) is 38.3 Å². The molecule has 1 saturated carbocycles. The van der Waals surface area contributed by atoms with Crippen molar-refractivity contribution in [2.24, 2.45) is 0 Å². The number of nitrogens with one attached hydrogen (secondary N) is 1. The molecule has 114 valence electrons. The fourth-order valence-electron chi connectivity index (χ4n) is 2.65. The first-order chi connectivity index (χ1) is 9.70. The summed E-state index contributed by atoms with van der Waals surface area (Å²) in [6.45, 7) is 7.38. The second kappa shape index (κ2) is 8.03. The molecule has 0 spiro atoms. The van der Waals surface area contributed by atoms with Crippen LogP contribution in [-0.2, 0) is 5.75 Å². The number of hydrogen-bond donors (Lipinski definition) is 1. The van der Waals surface area contributed by atoms with Crippen LogP contribution in [-0.4, -0.2) is 28.0 Å². The first kappa shape index (κ1) is 15.8. The Bertz CT molecular complexity index is 390. The molecule has 1 aromatic heterocycles. The Morgan fingerprint density at radius 3 is 2.75 bits per heavy atom. The Balaban J connectivity index is 1.82. The smallest absolute Gasteiger partial charge is 0.231 e. The maximum Gasteiger partial charge on any atom is 0.231 e. The maximum absolute atomic E-state index is 5.42. The highest BCUT2D eigenvalue weighted by atomic mass is 32.2. The number of nitrogens with zero attached hydrogens (tertiary/aromatic N) is 2. The molecule has 5 heteroatoms. The minimum atomic E-state index is 0.260. The molecule has 0 amide bonds. The van der Waals surface area contributed by atoms with Gasteiger partial charge in [0, 0.05) is 11.3 Å². The van der Waals surface area contributed by atoms with Gasteiger partial charge in [0.1, 0.15) is 0 Å². The molecule has 1 fully saturated rings. The summed E-state index contributed by atoms with van der Waals surface area (Å²) >= 11 is 1.99. The quantitative estimate of drug-likeness (QED) is 0.831. The number of likely N-dealkylation sites (N-methyl/N-ethyl adjacent to an activating group) is 1. The SMILES string of the molecule is CCNC(C)C(C)c1nc(CSC2CCCCC2)no1. The van der Waals surface area contributed by atoms with Gasteiger partial charge in [0.05, 0.1) is 11.7 Å². The average Bonchev–Trinajstić information content (AvgIpc) is 2.94. The fraction of sp³-hybridized carbons (Fsp3) is 0.867. The predicted octanol–water partition coefficient (Wildman–Crippen LogP) is 3.74. The lowest BCUT2D eigenvalue weighted by atomic mass is 10.0. The molecule has 0 aromatic carbocycles. The Kier molecular flexibility index (Phi) is 6.36. The van der Waals surface area contributed by atoms with Gasteiger partial charge in [-0.15, -0.1) is 0 Å². The van der Waals surface area contributed by atoms with Crippen molar-refractivity contribution in [2.45, 2.75) is 75.8 Å². The molecular formula is C15H27N3OS. The van der Waals surface area contributed by atoms with Crippen LogP contribution in [0, 0.1) is 0 Å². The molecule has 0 radical (unpaired) electrons. The molecule has 2 unspecified atom stereocenters. The zero-order valence-corrected chi connectivity index (χ0v) is 13.7. The van der Waals surface area contributed by atoms with E-state index in [0.29, 0.717) is 6.04 Å². The summed E-state index contributed by atoms with van der Waals surface area (Å²) < 4.78 is 5.42. The lowest BCUT2D eigenvalue weighted by molar-refractivity contribution is 0.330. The van der Waals surface area contributed by atoms with Gasteiger partial charge in [0.25, 0.3) is 0 Å². The van der Waals surface area contributed by atoms with E-state index in [1.165, 1.54) is 32.1 Å². The summed E-state index contributed by atoms with van der Waals surface area (Å²) in [6, 6.07) is 0.360. The first-order valence-corrected chi connectivity index (χ1v) is 8.93. The van der Waals surface area contributed by atoms with Crippen LogP contribution >= 0.6 is 11.8 Å². The first-order valence-electron chi connectivity index (χ1n) is 7.88. The molecule has 1 aliphatic carbocycles. The highest BCUT2D eigenvalue weighted by molar-refractivity contribution is 7.99. The number of rotatable bonds is 7. The minimum absolute atomic E-state index is 0.260. The van der Waals surface area contributed by atoms with Crippen LogP contribution in [0.1, 0.15) is 70.5 Å². The Labute approximate surface area is 126 Å². The third kappa shape index (κ3) is 4.48. The summed E-state index contributed by atoms with van der Waals surface area (Å²) in [6.07, 6.45) is 6.87. The second-order valence-corrected chi connectivity index (χ2v) is 7.04. The summed E-state index contributed by atoms with van der Waals surface area (Å²) in [5.74, 6) is 2.76. The van der Waals surface area contributed by atoms with E-state index in [0.717, 1.165) is 29.3 Å². The van der Waals surface area contributed by atoms with E-state index in [4.69, 9.17) is 4.52 Å². The zero-order valence-electron chi connectivity index (χ0n) is 12.9. The van der Waals surface area contributed by atoms with Crippen LogP contribution in [0.4, 0.5) is 0 Å². The molecule has 0 saturated heterocycles. The van der Waals surface area contributed by atoms with Crippen LogP contribution in [0.15, 0.2) is 4.52 Å². The van der Waals surface area contributed by atoms with Crippen molar-refractivity contribution >= 4 is 11.8 Å². The molecule has 1 aliphatic rings. The van der Waals surface area contributed by atoms with Gasteiger partial charge in [-0.2, -0.15) is 16.7 Å². The topological polar surface area (TPSA) is 51.0 Å². The Morgan fingerprint density at radius 2 is 2.05 bits per heavy atom. The molecular weight excluding hydrogens is 270 g/mol. The van der Waals surface area contributed by atoms with E-state index in [-0.39, 0.29) is 5.92 Å². The van der Waals surface area contributed by atoms with Crippen molar-refractivity contribution in [2.75, 3.05) is 6.54 Å². The highest BCUT2D eigenvalue weighted by Crippen LogP contribution is 2.30. The van der Waals surface area contributed by atoms with Crippen LogP contribution in [0.5, 0.6) is 0 Å². The van der Waals surface area contributed by atoms with E-state index >= 15 is 0 Å². The van der Waals surface area contributed by atoms with E-state index in [1.807, 2.05) is 11.8 Å². The van der Waals surface area contributed by atoms with Crippen molar-refractivity contribution in [1.29, 1.82) is 0 Å². The Hall–Kier alpha value is -0.550. The summed E-state index contributed by atoms with van der Waals surface area (Å²) in [5, 5.41) is 8.33. The van der Waals surface area contributed by atoms with E-state index in [9.17, 15) is 0 Å². The molecule has 1 aromatic rings. The third-order valence-electron chi connectivity index (χ3n) is 4.15. The lowest BCUT2D eigenvalue weighted by Gasteiger charge is -2.20. The monoisotopic (exact) mass is 297 g/mol. The second-order valence-electron chi connectivity index (χ2n) is 5.75. The summed E-state index contributed by atoms with van der Waals surface area (Å²) in [5.41, 5.74) is 0. The largest absolute Gasteiger partial charge is 0.339 e. The van der Waals surface area contributed by atoms with Gasteiger partial charge in [0.2, 0.25) is 5.89 Å². The molecule has 20 heavy (non-hydrogen) atoms. The molecule has 2 rings (SSSR count). The molecule has 2 atom stereocenters. The Morgan fingerprint density at radius 1 is 1.30 bits per heavy atom. The fourth-order valence-corrected chi connectivity index (χ4v) is 3.82. The van der Waals surface area contributed by atoms with E-state index in [2.05, 4.69) is 36.2 Å². The van der Waals surface area contributed by atoms with Gasteiger partial charge in [0.15, 0.2) is 5.82 Å². The molecule has 1 heterocycles. The van der Waals surface area contributed by atoms with Crippen LogP contribution in [0.3, 0.4) is 0 Å². The average molecular weight is 297 g/mol. The number of hydrogen-bond acceptors (Lipinski definition) is 5. The van der Waals surface area contributed by atoms with Crippen molar-refractivity contribution in [3.63, 3.8) is 0 Å². The molecule has 0 bridgehead atoms. The van der Waals surface area contributed by atoms with Crippen LogP contribution < -0.4 is 5.32 Å². The third-order valence-corrected chi connectivity index (χ3v) is 5.52. The van der Waals surface area contributed by atoms with Crippen molar-refractivity contribution in [1.82, 2.24) is 15.5 Å². The number of thioether (sulfide) groups is 1.